The number of carbonyl (C=O) groups excluding carboxylic acids is 1. The van der Waals surface area contributed by atoms with Gasteiger partial charge in [0.05, 0.1) is 11.3 Å². The maximum absolute atomic E-state index is 11.8. The number of hydrogen-bond donors (Lipinski definition) is 0. The van der Waals surface area contributed by atoms with Crippen molar-refractivity contribution in [3.05, 3.63) is 23.3 Å². The van der Waals surface area contributed by atoms with Crippen LogP contribution in [0.3, 0.4) is 0 Å². The molecule has 1 aromatic rings. The Morgan fingerprint density at radius 2 is 2.00 bits per heavy atom. The number of ketones is 1. The Morgan fingerprint density at radius 1 is 1.29 bits per heavy atom. The number of rotatable bonds is 2. The van der Waals surface area contributed by atoms with Gasteiger partial charge in [0.15, 0.2) is 11.6 Å². The van der Waals surface area contributed by atoms with Crippen LogP contribution in [0, 0.1) is 0 Å². The molecule has 2 rings (SSSR count). The highest BCUT2D eigenvalue weighted by molar-refractivity contribution is 5.97. The van der Waals surface area contributed by atoms with Gasteiger partial charge in [-0.3, -0.25) is 4.79 Å². The molecule has 0 fully saturated rings. The van der Waals surface area contributed by atoms with Gasteiger partial charge in [-0.25, -0.2) is 9.97 Å². The zero-order chi connectivity index (χ0) is 12.5. The number of fused-ring (bicyclic) bond motifs is 1. The van der Waals surface area contributed by atoms with Gasteiger partial charge in [-0.1, -0.05) is 0 Å². The van der Waals surface area contributed by atoms with E-state index in [1.54, 1.807) is 13.3 Å². The third kappa shape index (κ3) is 2.36. The van der Waals surface area contributed by atoms with Crippen molar-refractivity contribution in [2.24, 2.45) is 0 Å². The maximum atomic E-state index is 11.8. The van der Waals surface area contributed by atoms with E-state index in [0.29, 0.717) is 17.8 Å². The number of aryl methyl sites for hydroxylation is 1. The van der Waals surface area contributed by atoms with Crippen molar-refractivity contribution in [2.75, 3.05) is 7.11 Å². The van der Waals surface area contributed by atoms with Crippen molar-refractivity contribution in [1.82, 2.24) is 9.97 Å². The summed E-state index contributed by atoms with van der Waals surface area (Å²) in [4.78, 5) is 20.6. The van der Waals surface area contributed by atoms with Crippen molar-refractivity contribution in [1.29, 1.82) is 0 Å². The number of methoxy groups -OCH3 is 1. The van der Waals surface area contributed by atoms with E-state index >= 15 is 0 Å². The van der Waals surface area contributed by atoms with Gasteiger partial charge in [0.2, 0.25) is 0 Å². The molecule has 1 aliphatic rings. The summed E-state index contributed by atoms with van der Waals surface area (Å²) >= 11 is 0. The fourth-order valence-electron chi connectivity index (χ4n) is 1.93. The summed E-state index contributed by atoms with van der Waals surface area (Å²) in [6, 6.07) is 0. The van der Waals surface area contributed by atoms with Crippen molar-refractivity contribution in [3.8, 4) is 0 Å². The second-order valence-corrected chi connectivity index (χ2v) is 4.90. The maximum Gasteiger partial charge on any atom is 0.166 e. The second-order valence-electron chi connectivity index (χ2n) is 4.90. The molecule has 0 N–H and O–H groups in total. The Hall–Kier alpha value is -1.29. The number of nitrogens with zero attached hydrogens (tertiary/aromatic N) is 2. The van der Waals surface area contributed by atoms with Crippen LogP contribution in [0.15, 0.2) is 6.20 Å². The molecule has 92 valence electrons. The van der Waals surface area contributed by atoms with Gasteiger partial charge in [0, 0.05) is 19.7 Å². The highest BCUT2D eigenvalue weighted by Crippen LogP contribution is 2.24. The van der Waals surface area contributed by atoms with Crippen molar-refractivity contribution in [3.63, 3.8) is 0 Å². The van der Waals surface area contributed by atoms with Gasteiger partial charge in [-0.05, 0) is 33.1 Å². The molecule has 0 saturated heterocycles. The van der Waals surface area contributed by atoms with E-state index in [1.165, 1.54) is 0 Å². The van der Waals surface area contributed by atoms with Gasteiger partial charge in [0.1, 0.15) is 5.60 Å². The van der Waals surface area contributed by atoms with Crippen molar-refractivity contribution >= 4 is 5.78 Å². The smallest absolute Gasteiger partial charge is 0.166 e. The van der Waals surface area contributed by atoms with Gasteiger partial charge in [-0.15, -0.1) is 0 Å². The summed E-state index contributed by atoms with van der Waals surface area (Å²) in [5, 5.41) is 0. The number of ether oxygens (including phenoxy) is 1. The summed E-state index contributed by atoms with van der Waals surface area (Å²) < 4.78 is 5.36. The minimum atomic E-state index is -0.510. The number of hydrogen-bond acceptors (Lipinski definition) is 4. The Balaban J connectivity index is 2.43. The molecule has 0 aliphatic heterocycles. The van der Waals surface area contributed by atoms with Crippen LogP contribution < -0.4 is 0 Å². The van der Waals surface area contributed by atoms with Gasteiger partial charge < -0.3 is 4.74 Å². The van der Waals surface area contributed by atoms with E-state index in [9.17, 15) is 4.79 Å². The first-order valence-electron chi connectivity index (χ1n) is 5.99. The Kier molecular flexibility index (Phi) is 3.24. The second kappa shape index (κ2) is 4.53. The molecule has 1 aromatic heterocycles. The number of aromatic nitrogens is 2. The van der Waals surface area contributed by atoms with Crippen LogP contribution in [0.4, 0.5) is 0 Å². The van der Waals surface area contributed by atoms with Crippen LogP contribution >= 0.6 is 0 Å². The topological polar surface area (TPSA) is 52.1 Å². The van der Waals surface area contributed by atoms with Crippen LogP contribution in [-0.2, 0) is 16.8 Å². The molecule has 0 saturated carbocycles. The molecule has 0 unspecified atom stereocenters. The molecule has 1 heterocycles. The first-order valence-corrected chi connectivity index (χ1v) is 5.99. The lowest BCUT2D eigenvalue weighted by molar-refractivity contribution is 0.0112. The van der Waals surface area contributed by atoms with E-state index in [-0.39, 0.29) is 5.78 Å². The Morgan fingerprint density at radius 3 is 2.71 bits per heavy atom. The van der Waals surface area contributed by atoms with Crippen LogP contribution in [0.1, 0.15) is 55.0 Å². The summed E-state index contributed by atoms with van der Waals surface area (Å²) in [5.74, 6) is 0.813. The predicted molar refractivity (Wildman–Crippen MR) is 64.0 cm³/mol. The van der Waals surface area contributed by atoms with Gasteiger partial charge in [0.25, 0.3) is 0 Å². The molecule has 0 bridgehead atoms. The minimum absolute atomic E-state index is 0.166. The van der Waals surface area contributed by atoms with E-state index < -0.39 is 5.60 Å². The monoisotopic (exact) mass is 234 g/mol. The van der Waals surface area contributed by atoms with Gasteiger partial charge >= 0.3 is 0 Å². The van der Waals surface area contributed by atoms with E-state index in [2.05, 4.69) is 9.97 Å². The van der Waals surface area contributed by atoms with Crippen LogP contribution in [0.25, 0.3) is 0 Å². The van der Waals surface area contributed by atoms with Gasteiger partial charge in [-0.2, -0.15) is 0 Å². The Labute approximate surface area is 101 Å². The normalized spacial score (nSPS) is 16.5. The fourth-order valence-corrected chi connectivity index (χ4v) is 1.93. The number of Topliss-reactive ketones (excluding diaryl/α,β-unsaturated/α-hetero) is 1. The molecule has 0 radical (unpaired) electrons. The molecule has 4 heteroatoms. The summed E-state index contributed by atoms with van der Waals surface area (Å²) in [6.45, 7) is 3.85. The minimum Gasteiger partial charge on any atom is -0.371 e. The quantitative estimate of drug-likeness (QED) is 0.736. The van der Waals surface area contributed by atoms with Crippen LogP contribution in [0.2, 0.25) is 0 Å². The highest BCUT2D eigenvalue weighted by atomic mass is 16.5. The fraction of sp³-hybridized carbons (Fsp3) is 0.615. The largest absolute Gasteiger partial charge is 0.371 e. The zero-order valence-electron chi connectivity index (χ0n) is 10.6. The van der Waals surface area contributed by atoms with Crippen molar-refractivity contribution < 1.29 is 9.53 Å². The molecular weight excluding hydrogens is 216 g/mol. The Bertz CT molecular complexity index is 441. The molecule has 1 aliphatic carbocycles. The SMILES string of the molecule is COC(C)(C)c1ncc2c(n1)CCCCC2=O. The zero-order valence-corrected chi connectivity index (χ0v) is 10.6. The lowest BCUT2D eigenvalue weighted by Gasteiger charge is -2.21. The third-order valence-corrected chi connectivity index (χ3v) is 3.28. The highest BCUT2D eigenvalue weighted by Gasteiger charge is 2.26. The molecule has 17 heavy (non-hydrogen) atoms. The molecular formula is C13H18N2O2. The molecule has 0 spiro atoms. The summed E-state index contributed by atoms with van der Waals surface area (Å²) in [7, 11) is 1.64. The van der Waals surface area contributed by atoms with E-state index in [0.717, 1.165) is 25.0 Å². The van der Waals surface area contributed by atoms with E-state index in [4.69, 9.17) is 4.74 Å². The molecule has 0 amide bonds. The lowest BCUT2D eigenvalue weighted by Crippen LogP contribution is -2.24. The van der Waals surface area contributed by atoms with Crippen LogP contribution in [0.5, 0.6) is 0 Å². The third-order valence-electron chi connectivity index (χ3n) is 3.28. The number of carbonyl (C=O) groups is 1. The van der Waals surface area contributed by atoms with Crippen LogP contribution in [-0.4, -0.2) is 22.9 Å². The van der Waals surface area contributed by atoms with Crippen molar-refractivity contribution in [2.45, 2.75) is 45.1 Å². The first-order chi connectivity index (χ1) is 8.04. The molecule has 0 aromatic carbocycles. The summed E-state index contributed by atoms with van der Waals surface area (Å²) in [5.41, 5.74) is 1.06. The molecule has 4 nitrogen and oxygen atoms in total. The first kappa shape index (κ1) is 12.2. The average Bonchev–Trinajstić information content (AvgIpc) is 2.51. The van der Waals surface area contributed by atoms with E-state index in [1.807, 2.05) is 13.8 Å². The molecule has 0 atom stereocenters. The predicted octanol–water partition coefficient (Wildman–Crippen LogP) is 2.27. The summed E-state index contributed by atoms with van der Waals surface area (Å²) in [6.07, 6.45) is 5.09. The standard InChI is InChI=1S/C13H18N2O2/c1-13(2,17-3)12-14-8-9-10(15-12)6-4-5-7-11(9)16/h8H,4-7H2,1-3H3. The lowest BCUT2D eigenvalue weighted by atomic mass is 10.1. The average molecular weight is 234 g/mol.